The van der Waals surface area contributed by atoms with Crippen molar-refractivity contribution in [2.24, 2.45) is 18.4 Å². The lowest BCUT2D eigenvalue weighted by Gasteiger charge is -2.52. The maximum Gasteiger partial charge on any atom is 0.230 e. The predicted octanol–water partition coefficient (Wildman–Crippen LogP) is 7.47. The number of aromatic nitrogens is 2. The van der Waals surface area contributed by atoms with Gasteiger partial charge in [0, 0.05) is 49.2 Å². The number of aryl methyl sites for hydroxylation is 1. The SMILES string of the molecule is CSc1ccc(-c2cccc(N(CC34CCC(c5cc(C6CC6)nn5C)=C(C3)C4)C(=O)C3CCOCC3)c2)cc1. The molecule has 5 nitrogen and oxygen atoms in total. The Labute approximate surface area is 242 Å². The Bertz CT molecular complexity index is 1440. The summed E-state index contributed by atoms with van der Waals surface area (Å²) in [5.74, 6) is 0.995. The first-order chi connectivity index (χ1) is 19.5. The molecule has 1 aliphatic heterocycles. The third kappa shape index (κ3) is 4.94. The summed E-state index contributed by atoms with van der Waals surface area (Å²) < 4.78 is 7.72. The lowest BCUT2D eigenvalue weighted by Crippen LogP contribution is -2.50. The molecule has 0 N–H and O–H groups in total. The third-order valence-corrected chi connectivity index (χ3v) is 10.4. The maximum atomic E-state index is 14.1. The van der Waals surface area contributed by atoms with Crippen molar-refractivity contribution in [2.75, 3.05) is 30.9 Å². The van der Waals surface area contributed by atoms with E-state index in [1.807, 2.05) is 0 Å². The summed E-state index contributed by atoms with van der Waals surface area (Å²) in [5, 5.41) is 4.84. The van der Waals surface area contributed by atoms with Gasteiger partial charge >= 0.3 is 0 Å². The molecule has 0 unspecified atom stereocenters. The van der Waals surface area contributed by atoms with Gasteiger partial charge in [0.2, 0.25) is 5.91 Å². The van der Waals surface area contributed by atoms with Gasteiger partial charge in [-0.1, -0.05) is 29.8 Å². The molecular weight excluding hydrogens is 514 g/mol. The fraction of sp³-hybridized carbons (Fsp3) is 0.471. The fourth-order valence-electron chi connectivity index (χ4n) is 7.09. The summed E-state index contributed by atoms with van der Waals surface area (Å²) in [7, 11) is 2.10. The molecule has 40 heavy (non-hydrogen) atoms. The van der Waals surface area contributed by atoms with E-state index in [0.29, 0.717) is 19.1 Å². The first kappa shape index (κ1) is 26.1. The minimum atomic E-state index is 0.0409. The molecule has 3 fully saturated rings. The van der Waals surface area contributed by atoms with Crippen molar-refractivity contribution < 1.29 is 9.53 Å². The Morgan fingerprint density at radius 2 is 1.82 bits per heavy atom. The second-order valence-corrected chi connectivity index (χ2v) is 13.3. The van der Waals surface area contributed by atoms with Crippen LogP contribution in [0.1, 0.15) is 68.7 Å². The van der Waals surface area contributed by atoms with Crippen LogP contribution in [0.5, 0.6) is 0 Å². The number of carbonyl (C=O) groups is 1. The van der Waals surface area contributed by atoms with E-state index in [9.17, 15) is 4.79 Å². The van der Waals surface area contributed by atoms with Crippen molar-refractivity contribution >= 4 is 28.9 Å². The number of hydrogen-bond donors (Lipinski definition) is 0. The summed E-state index contributed by atoms with van der Waals surface area (Å²) in [5.41, 5.74) is 9.25. The molecule has 3 aromatic rings. The van der Waals surface area contributed by atoms with Crippen molar-refractivity contribution in [3.63, 3.8) is 0 Å². The highest BCUT2D eigenvalue weighted by Crippen LogP contribution is 2.58. The van der Waals surface area contributed by atoms with Gasteiger partial charge in [0.15, 0.2) is 0 Å². The second-order valence-electron chi connectivity index (χ2n) is 12.4. The number of carbonyl (C=O) groups excluding carboxylic acids is 1. The van der Waals surface area contributed by atoms with Crippen molar-refractivity contribution in [2.45, 2.75) is 62.2 Å². The molecule has 5 aliphatic rings. The molecule has 0 spiro atoms. The molecule has 1 saturated heterocycles. The van der Waals surface area contributed by atoms with Crippen molar-refractivity contribution in [1.82, 2.24) is 9.78 Å². The van der Waals surface area contributed by atoms with Crippen LogP contribution in [-0.2, 0) is 16.6 Å². The quantitative estimate of drug-likeness (QED) is 0.272. The number of benzene rings is 2. The highest BCUT2D eigenvalue weighted by Gasteiger charge is 2.48. The van der Waals surface area contributed by atoms with E-state index in [1.54, 1.807) is 17.3 Å². The average molecular weight is 554 g/mol. The standard InChI is InChI=1S/C34H39N3O2S/c1-36-32(19-31(35-36)24-6-7-24)30-12-15-34(20-27(30)21-34)22-37(33(38)25-13-16-39-17-14-25)28-5-3-4-26(18-28)23-8-10-29(40-2)11-9-23/h3-5,8-11,18-19,24-25H,6-7,12-17,20-22H2,1-2H3. The van der Waals surface area contributed by atoms with Gasteiger partial charge in [0.05, 0.1) is 11.4 Å². The average Bonchev–Trinajstić information content (AvgIpc) is 3.77. The number of ether oxygens (including phenoxy) is 1. The van der Waals surface area contributed by atoms with Gasteiger partial charge < -0.3 is 9.64 Å². The molecule has 2 aromatic carbocycles. The molecule has 2 bridgehead atoms. The van der Waals surface area contributed by atoms with Crippen LogP contribution in [0.2, 0.25) is 0 Å². The Balaban J connectivity index is 1.16. The van der Waals surface area contributed by atoms with E-state index in [2.05, 4.69) is 77.5 Å². The lowest BCUT2D eigenvalue weighted by atomic mass is 9.56. The van der Waals surface area contributed by atoms with Crippen LogP contribution in [0.25, 0.3) is 16.7 Å². The first-order valence-electron chi connectivity index (χ1n) is 14.9. The Morgan fingerprint density at radius 1 is 1.05 bits per heavy atom. The lowest BCUT2D eigenvalue weighted by molar-refractivity contribution is -0.125. The molecule has 2 saturated carbocycles. The number of hydrogen-bond acceptors (Lipinski definition) is 4. The number of amides is 1. The molecule has 1 aromatic heterocycles. The van der Waals surface area contributed by atoms with Crippen LogP contribution in [0.15, 0.2) is 65.1 Å². The molecule has 1 amide bonds. The van der Waals surface area contributed by atoms with Crippen molar-refractivity contribution in [3.8, 4) is 11.1 Å². The largest absolute Gasteiger partial charge is 0.381 e. The number of allylic oxidation sites excluding steroid dienone is 2. The molecule has 0 atom stereocenters. The molecule has 6 heteroatoms. The van der Waals surface area contributed by atoms with Crippen molar-refractivity contribution in [1.29, 1.82) is 0 Å². The van der Waals surface area contributed by atoms with E-state index in [0.717, 1.165) is 56.3 Å². The van der Waals surface area contributed by atoms with E-state index in [-0.39, 0.29) is 17.2 Å². The molecule has 208 valence electrons. The number of anilines is 1. The Kier molecular flexibility index (Phi) is 6.87. The highest BCUT2D eigenvalue weighted by molar-refractivity contribution is 7.98. The zero-order valence-corrected chi connectivity index (χ0v) is 24.5. The van der Waals surface area contributed by atoms with Gasteiger partial charge in [0.25, 0.3) is 0 Å². The summed E-state index contributed by atoms with van der Waals surface area (Å²) in [6, 6.07) is 19.7. The van der Waals surface area contributed by atoms with Gasteiger partial charge in [-0.15, -0.1) is 11.8 Å². The van der Waals surface area contributed by atoms with Gasteiger partial charge in [-0.05, 0) is 110 Å². The second kappa shape index (κ2) is 10.5. The number of fused-ring (bicyclic) bond motifs is 2. The molecule has 0 radical (unpaired) electrons. The number of thioether (sulfide) groups is 1. The Morgan fingerprint density at radius 3 is 2.50 bits per heavy atom. The van der Waals surface area contributed by atoms with E-state index in [1.165, 1.54) is 40.3 Å². The minimum Gasteiger partial charge on any atom is -0.381 e. The topological polar surface area (TPSA) is 47.4 Å². The maximum absolute atomic E-state index is 14.1. The Hall–Kier alpha value is -2.83. The van der Waals surface area contributed by atoms with Crippen LogP contribution in [-0.4, -0.2) is 41.7 Å². The van der Waals surface area contributed by atoms with Gasteiger partial charge in [0.1, 0.15) is 0 Å². The molecule has 2 heterocycles. The summed E-state index contributed by atoms with van der Waals surface area (Å²) in [6.07, 6.45) is 10.7. The number of nitrogens with zero attached hydrogens (tertiary/aromatic N) is 3. The fourth-order valence-corrected chi connectivity index (χ4v) is 7.50. The third-order valence-electron chi connectivity index (χ3n) is 9.62. The highest BCUT2D eigenvalue weighted by atomic mass is 32.2. The summed E-state index contributed by atoms with van der Waals surface area (Å²) in [4.78, 5) is 17.5. The van der Waals surface area contributed by atoms with Crippen molar-refractivity contribution in [3.05, 3.63) is 71.6 Å². The van der Waals surface area contributed by atoms with Crippen LogP contribution < -0.4 is 4.90 Å². The van der Waals surface area contributed by atoms with E-state index < -0.39 is 0 Å². The molecular formula is C34H39N3O2S. The zero-order valence-electron chi connectivity index (χ0n) is 23.7. The van der Waals surface area contributed by atoms with E-state index >= 15 is 0 Å². The normalized spacial score (nSPS) is 20.4. The van der Waals surface area contributed by atoms with Crippen LogP contribution in [0.4, 0.5) is 5.69 Å². The smallest absolute Gasteiger partial charge is 0.230 e. The van der Waals surface area contributed by atoms with Gasteiger partial charge in [-0.25, -0.2) is 0 Å². The first-order valence-corrected chi connectivity index (χ1v) is 16.1. The summed E-state index contributed by atoms with van der Waals surface area (Å²) in [6.45, 7) is 2.16. The monoisotopic (exact) mass is 553 g/mol. The predicted molar refractivity (Wildman–Crippen MR) is 163 cm³/mol. The zero-order chi connectivity index (χ0) is 27.3. The van der Waals surface area contributed by atoms with Gasteiger partial charge in [-0.3, -0.25) is 9.48 Å². The molecule has 4 aliphatic carbocycles. The van der Waals surface area contributed by atoms with E-state index in [4.69, 9.17) is 9.84 Å². The van der Waals surface area contributed by atoms with Crippen LogP contribution >= 0.6 is 11.8 Å². The van der Waals surface area contributed by atoms with Crippen LogP contribution in [0.3, 0.4) is 0 Å². The van der Waals surface area contributed by atoms with Gasteiger partial charge in [-0.2, -0.15) is 5.10 Å². The number of rotatable bonds is 8. The van der Waals surface area contributed by atoms with Crippen LogP contribution in [0, 0.1) is 11.3 Å². The minimum absolute atomic E-state index is 0.0409. The molecule has 8 rings (SSSR count). The summed E-state index contributed by atoms with van der Waals surface area (Å²) >= 11 is 1.76.